The standard InChI is InChI=1S/C20H20FN3O.C19H16F2N2O/c1-12-16-10-14(21)11-17(13-4-6-15(7-5-13)23(2)3)19(16)24-9-8-22-20(25)18(12)24;1-10-3-4-12(7-16(10)21)15-9-13(20)8-14-11(2)17-19(24)22-5-6-23(17)18(14)15/h4-7,10-11H,8-9H2,1-3H3,(H,22,25);3-4,7-9H,5-6H2,1-2H3,(H,22,24). The van der Waals surface area contributed by atoms with Crippen LogP contribution < -0.4 is 15.5 Å². The number of fused-ring (bicyclic) bond motifs is 6. The first kappa shape index (κ1) is 32.1. The van der Waals surface area contributed by atoms with Crippen molar-refractivity contribution in [3.05, 3.63) is 112 Å². The number of benzene rings is 4. The molecular formula is C39H36F3N5O2. The SMILES string of the molecule is Cc1c2n(c3c(-c4ccc(N(C)C)cc4)cc(F)cc13)CCNC2=O.Cc1ccc(-c2cc(F)cc3c(C)c4n(c23)CCNC4=O)cc1F. The Kier molecular flexibility index (Phi) is 7.97. The first-order chi connectivity index (χ1) is 23.4. The third-order valence-electron chi connectivity index (χ3n) is 9.60. The van der Waals surface area contributed by atoms with Crippen LogP contribution >= 0.6 is 0 Å². The van der Waals surface area contributed by atoms with Gasteiger partial charge in [-0.25, -0.2) is 13.2 Å². The Morgan fingerprint density at radius 1 is 0.633 bits per heavy atom. The molecule has 2 N–H and O–H groups in total. The molecule has 0 saturated heterocycles. The van der Waals surface area contributed by atoms with Crippen molar-refractivity contribution in [3.8, 4) is 22.3 Å². The van der Waals surface area contributed by atoms with Gasteiger partial charge in [0.15, 0.2) is 0 Å². The quantitative estimate of drug-likeness (QED) is 0.206. The Morgan fingerprint density at radius 2 is 1.10 bits per heavy atom. The van der Waals surface area contributed by atoms with Gasteiger partial charge in [-0.05, 0) is 91.1 Å². The van der Waals surface area contributed by atoms with E-state index in [1.807, 2.05) is 66.2 Å². The molecular weight excluding hydrogens is 627 g/mol. The van der Waals surface area contributed by atoms with Crippen molar-refractivity contribution in [2.24, 2.45) is 0 Å². The number of carbonyl (C=O) groups excluding carboxylic acids is 2. The summed E-state index contributed by atoms with van der Waals surface area (Å²) in [4.78, 5) is 26.5. The number of aryl methyl sites for hydroxylation is 3. The van der Waals surface area contributed by atoms with E-state index in [0.717, 1.165) is 44.4 Å². The molecule has 8 rings (SSSR count). The molecule has 49 heavy (non-hydrogen) atoms. The molecule has 2 amide bonds. The highest BCUT2D eigenvalue weighted by molar-refractivity contribution is 6.07. The maximum absolute atomic E-state index is 14.3. The van der Waals surface area contributed by atoms with Gasteiger partial charge in [-0.2, -0.15) is 0 Å². The van der Waals surface area contributed by atoms with Crippen LogP contribution in [-0.4, -0.2) is 48.1 Å². The van der Waals surface area contributed by atoms with Crippen molar-refractivity contribution in [3.63, 3.8) is 0 Å². The fourth-order valence-corrected chi connectivity index (χ4v) is 7.14. The van der Waals surface area contributed by atoms with Gasteiger partial charge >= 0.3 is 0 Å². The highest BCUT2D eigenvalue weighted by Crippen LogP contribution is 2.38. The van der Waals surface area contributed by atoms with Gasteiger partial charge in [-0.3, -0.25) is 9.59 Å². The molecule has 4 heterocycles. The summed E-state index contributed by atoms with van der Waals surface area (Å²) in [5.74, 6) is -1.26. The van der Waals surface area contributed by atoms with E-state index < -0.39 is 5.82 Å². The molecule has 0 saturated carbocycles. The Morgan fingerprint density at radius 3 is 1.57 bits per heavy atom. The summed E-state index contributed by atoms with van der Waals surface area (Å²) in [6.07, 6.45) is 0. The van der Waals surface area contributed by atoms with Crippen LogP contribution in [0.1, 0.15) is 37.7 Å². The van der Waals surface area contributed by atoms with Crippen LogP contribution in [-0.2, 0) is 13.1 Å². The van der Waals surface area contributed by atoms with Crippen molar-refractivity contribution < 1.29 is 22.8 Å². The maximum atomic E-state index is 14.3. The smallest absolute Gasteiger partial charge is 0.268 e. The van der Waals surface area contributed by atoms with E-state index in [-0.39, 0.29) is 23.4 Å². The lowest BCUT2D eigenvalue weighted by molar-refractivity contribution is 0.0920. The third-order valence-corrected chi connectivity index (χ3v) is 9.60. The number of amides is 2. The molecule has 0 radical (unpaired) electrons. The van der Waals surface area contributed by atoms with Gasteiger partial charge in [-0.15, -0.1) is 0 Å². The summed E-state index contributed by atoms with van der Waals surface area (Å²) in [6, 6.07) is 18.9. The summed E-state index contributed by atoms with van der Waals surface area (Å²) in [5, 5.41) is 7.19. The molecule has 250 valence electrons. The number of hydrogen-bond donors (Lipinski definition) is 2. The van der Waals surface area contributed by atoms with Gasteiger partial charge in [0.25, 0.3) is 11.8 Å². The molecule has 0 aliphatic carbocycles. The van der Waals surface area contributed by atoms with E-state index in [1.54, 1.807) is 25.1 Å². The van der Waals surface area contributed by atoms with E-state index >= 15 is 0 Å². The highest BCUT2D eigenvalue weighted by atomic mass is 19.1. The third kappa shape index (κ3) is 5.41. The van der Waals surface area contributed by atoms with Crippen molar-refractivity contribution >= 4 is 39.3 Å². The van der Waals surface area contributed by atoms with Crippen molar-refractivity contribution in [2.75, 3.05) is 32.1 Å². The number of carbonyl (C=O) groups is 2. The average Bonchev–Trinajstić information content (AvgIpc) is 3.53. The number of aromatic nitrogens is 2. The van der Waals surface area contributed by atoms with Crippen LogP contribution in [0.15, 0.2) is 66.7 Å². The van der Waals surface area contributed by atoms with E-state index in [1.165, 1.54) is 24.3 Å². The van der Waals surface area contributed by atoms with E-state index in [2.05, 4.69) is 10.6 Å². The van der Waals surface area contributed by atoms with Gasteiger partial charge in [0.2, 0.25) is 0 Å². The van der Waals surface area contributed by atoms with Crippen molar-refractivity contribution in [1.82, 2.24) is 19.8 Å². The molecule has 0 fully saturated rings. The lowest BCUT2D eigenvalue weighted by atomic mass is 10.00. The second kappa shape index (κ2) is 12.2. The molecule has 7 nitrogen and oxygen atoms in total. The largest absolute Gasteiger partial charge is 0.378 e. The Hall–Kier alpha value is -5.51. The fourth-order valence-electron chi connectivity index (χ4n) is 7.14. The molecule has 2 aromatic heterocycles. The maximum Gasteiger partial charge on any atom is 0.268 e. The molecule has 2 aliphatic heterocycles. The fraction of sp³-hybridized carbons (Fsp3) is 0.231. The Balaban J connectivity index is 0.000000154. The minimum atomic E-state index is -0.398. The molecule has 2 aliphatic rings. The topological polar surface area (TPSA) is 71.3 Å². The van der Waals surface area contributed by atoms with Gasteiger partial charge in [-0.1, -0.05) is 24.3 Å². The van der Waals surface area contributed by atoms with Crippen molar-refractivity contribution in [2.45, 2.75) is 33.9 Å². The minimum absolute atomic E-state index is 0.0886. The van der Waals surface area contributed by atoms with Crippen LogP contribution in [0.3, 0.4) is 0 Å². The van der Waals surface area contributed by atoms with Crippen LogP contribution in [0, 0.1) is 38.2 Å². The highest BCUT2D eigenvalue weighted by Gasteiger charge is 2.27. The average molecular weight is 664 g/mol. The van der Waals surface area contributed by atoms with Gasteiger partial charge in [0.1, 0.15) is 28.8 Å². The van der Waals surface area contributed by atoms with Gasteiger partial charge in [0.05, 0.1) is 11.0 Å². The van der Waals surface area contributed by atoms with Gasteiger partial charge in [0, 0.05) is 67.9 Å². The first-order valence-corrected chi connectivity index (χ1v) is 16.2. The van der Waals surface area contributed by atoms with E-state index in [0.29, 0.717) is 59.6 Å². The monoisotopic (exact) mass is 663 g/mol. The lowest BCUT2D eigenvalue weighted by Crippen LogP contribution is -2.35. The number of nitrogens with one attached hydrogen (secondary N) is 2. The number of hydrogen-bond acceptors (Lipinski definition) is 3. The summed E-state index contributed by atoms with van der Waals surface area (Å²) < 4.78 is 46.5. The molecule has 0 atom stereocenters. The Labute approximate surface area is 281 Å². The first-order valence-electron chi connectivity index (χ1n) is 16.2. The summed E-state index contributed by atoms with van der Waals surface area (Å²) in [7, 11) is 3.97. The number of anilines is 1. The summed E-state index contributed by atoms with van der Waals surface area (Å²) >= 11 is 0. The zero-order valence-corrected chi connectivity index (χ0v) is 28.0. The van der Waals surface area contributed by atoms with Crippen LogP contribution in [0.25, 0.3) is 44.1 Å². The minimum Gasteiger partial charge on any atom is -0.378 e. The predicted molar refractivity (Wildman–Crippen MR) is 188 cm³/mol. The van der Waals surface area contributed by atoms with Gasteiger partial charge < -0.3 is 24.7 Å². The summed E-state index contributed by atoms with van der Waals surface area (Å²) in [6.45, 7) is 7.81. The zero-order chi connectivity index (χ0) is 34.7. The number of rotatable bonds is 3. The second-order valence-corrected chi connectivity index (χ2v) is 12.9. The van der Waals surface area contributed by atoms with Crippen LogP contribution in [0.2, 0.25) is 0 Å². The summed E-state index contributed by atoms with van der Waals surface area (Å²) in [5.41, 5.74) is 9.08. The lowest BCUT2D eigenvalue weighted by Gasteiger charge is -2.19. The molecule has 0 spiro atoms. The molecule has 6 aromatic rings. The zero-order valence-electron chi connectivity index (χ0n) is 28.0. The van der Waals surface area contributed by atoms with Crippen LogP contribution in [0.5, 0.6) is 0 Å². The van der Waals surface area contributed by atoms with E-state index in [4.69, 9.17) is 0 Å². The van der Waals surface area contributed by atoms with Crippen molar-refractivity contribution in [1.29, 1.82) is 0 Å². The predicted octanol–water partition coefficient (Wildman–Crippen LogP) is 7.51. The molecule has 4 aromatic carbocycles. The molecule has 0 unspecified atom stereocenters. The molecule has 0 bridgehead atoms. The number of halogens is 3. The number of nitrogens with zero attached hydrogens (tertiary/aromatic N) is 3. The molecule has 10 heteroatoms. The second-order valence-electron chi connectivity index (χ2n) is 12.9. The normalized spacial score (nSPS) is 13.8. The Bertz CT molecular complexity index is 2320. The van der Waals surface area contributed by atoms with E-state index in [9.17, 15) is 22.8 Å². The van der Waals surface area contributed by atoms with Crippen LogP contribution in [0.4, 0.5) is 18.9 Å².